The van der Waals surface area contributed by atoms with Gasteiger partial charge in [-0.1, -0.05) is 0 Å². The minimum absolute atomic E-state index is 0.185. The fraction of sp³-hybridized carbons (Fsp3) is 0.615. The van der Waals surface area contributed by atoms with Crippen LogP contribution in [0.2, 0.25) is 0 Å². The Bertz CT molecular complexity index is 771. The number of hydrogen-bond acceptors (Lipinski definition) is 5. The van der Waals surface area contributed by atoms with Crippen molar-refractivity contribution in [3.63, 3.8) is 0 Å². The van der Waals surface area contributed by atoms with Gasteiger partial charge in [-0.05, 0) is 31.6 Å². The number of hydrogen-bond donors (Lipinski definition) is 1. The zero-order valence-electron chi connectivity index (χ0n) is 11.8. The standard InChI is InChI=1S/C13H18N4O2S2/c1-14-11-12(16-6-7-20-13(16)15-11)21(18,19)17(10-4-5-10)8-9-2-3-9/h6-7,9-10,14H,2-5,8H2,1H3. The highest BCUT2D eigenvalue weighted by atomic mass is 32.2. The van der Waals surface area contributed by atoms with Gasteiger partial charge in [-0.3, -0.25) is 4.40 Å². The Morgan fingerprint density at radius 3 is 2.81 bits per heavy atom. The van der Waals surface area contributed by atoms with Crippen molar-refractivity contribution in [2.24, 2.45) is 5.92 Å². The molecule has 6 nitrogen and oxygen atoms in total. The quantitative estimate of drug-likeness (QED) is 0.882. The summed E-state index contributed by atoms with van der Waals surface area (Å²) in [4.78, 5) is 5.09. The monoisotopic (exact) mass is 326 g/mol. The molecule has 4 rings (SSSR count). The second-order valence-electron chi connectivity index (χ2n) is 5.82. The first-order chi connectivity index (χ1) is 10.1. The predicted octanol–water partition coefficient (Wildman–Crippen LogP) is 2.00. The van der Waals surface area contributed by atoms with Gasteiger partial charge in [0.25, 0.3) is 10.0 Å². The van der Waals surface area contributed by atoms with Crippen molar-refractivity contribution < 1.29 is 8.42 Å². The summed E-state index contributed by atoms with van der Waals surface area (Å²) in [6.07, 6.45) is 6.04. The summed E-state index contributed by atoms with van der Waals surface area (Å²) in [5.74, 6) is 0.993. The third kappa shape index (κ3) is 2.25. The zero-order valence-corrected chi connectivity index (χ0v) is 13.5. The van der Waals surface area contributed by atoms with Gasteiger partial charge < -0.3 is 5.32 Å². The highest BCUT2D eigenvalue weighted by Gasteiger charge is 2.43. The average molecular weight is 326 g/mol. The van der Waals surface area contributed by atoms with Crippen molar-refractivity contribution >= 4 is 32.1 Å². The van der Waals surface area contributed by atoms with Crippen molar-refractivity contribution in [1.82, 2.24) is 13.7 Å². The second-order valence-corrected chi connectivity index (χ2v) is 8.50. The lowest BCUT2D eigenvalue weighted by Gasteiger charge is -2.21. The van der Waals surface area contributed by atoms with Gasteiger partial charge in [0.05, 0.1) is 0 Å². The summed E-state index contributed by atoms with van der Waals surface area (Å²) in [5, 5.41) is 5.08. The van der Waals surface area contributed by atoms with Gasteiger partial charge in [0.1, 0.15) is 0 Å². The number of nitrogens with zero attached hydrogens (tertiary/aromatic N) is 3. The molecular weight excluding hydrogens is 308 g/mol. The zero-order chi connectivity index (χ0) is 14.6. The molecule has 2 saturated carbocycles. The fourth-order valence-corrected chi connectivity index (χ4v) is 5.44. The van der Waals surface area contributed by atoms with Gasteiger partial charge >= 0.3 is 0 Å². The van der Waals surface area contributed by atoms with Gasteiger partial charge in [0, 0.05) is 31.2 Å². The predicted molar refractivity (Wildman–Crippen MR) is 82.3 cm³/mol. The molecule has 8 heteroatoms. The first-order valence-corrected chi connectivity index (χ1v) is 9.58. The van der Waals surface area contributed by atoms with Crippen molar-refractivity contribution in [3.8, 4) is 0 Å². The number of rotatable bonds is 6. The van der Waals surface area contributed by atoms with Gasteiger partial charge in [-0.15, -0.1) is 11.3 Å². The van der Waals surface area contributed by atoms with E-state index < -0.39 is 10.0 Å². The highest BCUT2D eigenvalue weighted by molar-refractivity contribution is 7.89. The number of thiazole rings is 1. The molecule has 0 aliphatic heterocycles. The minimum atomic E-state index is -3.51. The van der Waals surface area contributed by atoms with Crippen LogP contribution in [0.1, 0.15) is 25.7 Å². The Kier molecular flexibility index (Phi) is 3.02. The molecule has 0 unspecified atom stereocenters. The van der Waals surface area contributed by atoms with Crippen LogP contribution in [-0.2, 0) is 10.0 Å². The molecule has 0 aromatic carbocycles. The Labute approximate surface area is 127 Å². The maximum Gasteiger partial charge on any atom is 0.263 e. The molecule has 0 bridgehead atoms. The number of sulfonamides is 1. The van der Waals surface area contributed by atoms with Crippen LogP contribution in [-0.4, -0.2) is 41.7 Å². The van der Waals surface area contributed by atoms with Crippen LogP contribution in [0.15, 0.2) is 16.6 Å². The van der Waals surface area contributed by atoms with Gasteiger partial charge in [0.2, 0.25) is 0 Å². The molecule has 1 N–H and O–H groups in total. The van der Waals surface area contributed by atoms with Crippen LogP contribution in [0.25, 0.3) is 4.96 Å². The van der Waals surface area contributed by atoms with Crippen molar-refractivity contribution in [1.29, 1.82) is 0 Å². The Balaban J connectivity index is 1.81. The molecular formula is C13H18N4O2S2. The fourth-order valence-electron chi connectivity index (χ4n) is 2.65. The number of aromatic nitrogens is 2. The SMILES string of the molecule is CNc1nc2sccn2c1S(=O)(=O)N(CC1CC1)C1CC1. The van der Waals surface area contributed by atoms with Crippen molar-refractivity contribution in [2.75, 3.05) is 18.9 Å². The molecule has 21 heavy (non-hydrogen) atoms. The topological polar surface area (TPSA) is 66.7 Å². The summed E-state index contributed by atoms with van der Waals surface area (Å²) in [6.45, 7) is 0.660. The van der Waals surface area contributed by atoms with E-state index in [-0.39, 0.29) is 11.1 Å². The lowest BCUT2D eigenvalue weighted by atomic mass is 10.4. The summed E-state index contributed by atoms with van der Waals surface area (Å²) in [5.41, 5.74) is 0. The molecule has 2 aromatic rings. The van der Waals surface area contributed by atoms with Gasteiger partial charge in [0.15, 0.2) is 15.8 Å². The molecule has 0 atom stereocenters. The maximum atomic E-state index is 13.2. The van der Waals surface area contributed by atoms with Crippen LogP contribution in [0, 0.1) is 5.92 Å². The van der Waals surface area contributed by atoms with E-state index in [4.69, 9.17) is 0 Å². The van der Waals surface area contributed by atoms with Gasteiger partial charge in [-0.2, -0.15) is 4.31 Å². The molecule has 0 saturated heterocycles. The Hall–Kier alpha value is -1.12. The number of imidazole rings is 1. The summed E-state index contributed by atoms with van der Waals surface area (Å²) < 4.78 is 29.7. The van der Waals surface area contributed by atoms with E-state index in [1.807, 2.05) is 5.38 Å². The van der Waals surface area contributed by atoms with E-state index in [1.165, 1.54) is 11.3 Å². The summed E-state index contributed by atoms with van der Waals surface area (Å²) >= 11 is 1.44. The van der Waals surface area contributed by atoms with E-state index >= 15 is 0 Å². The Morgan fingerprint density at radius 2 is 2.19 bits per heavy atom. The second kappa shape index (κ2) is 4.69. The molecule has 2 heterocycles. The van der Waals surface area contributed by atoms with Crippen LogP contribution >= 0.6 is 11.3 Å². The molecule has 2 fully saturated rings. The minimum Gasteiger partial charge on any atom is -0.371 e. The van der Waals surface area contributed by atoms with Crippen molar-refractivity contribution in [2.45, 2.75) is 36.8 Å². The maximum absolute atomic E-state index is 13.2. The summed E-state index contributed by atoms with van der Waals surface area (Å²) in [6, 6.07) is 0.185. The molecule has 0 radical (unpaired) electrons. The van der Waals surface area contributed by atoms with Gasteiger partial charge in [-0.25, -0.2) is 13.4 Å². The largest absolute Gasteiger partial charge is 0.371 e. The molecule has 0 spiro atoms. The van der Waals surface area contributed by atoms with Crippen molar-refractivity contribution in [3.05, 3.63) is 11.6 Å². The molecule has 114 valence electrons. The molecule has 2 aliphatic rings. The number of nitrogens with one attached hydrogen (secondary N) is 1. The highest BCUT2D eigenvalue weighted by Crippen LogP contribution is 2.39. The normalized spacial score (nSPS) is 19.5. The van der Waals surface area contributed by atoms with Crippen LogP contribution in [0.5, 0.6) is 0 Å². The average Bonchev–Trinajstić information content (AvgIpc) is 3.33. The molecule has 0 amide bonds. The lowest BCUT2D eigenvalue weighted by molar-refractivity contribution is 0.387. The van der Waals surface area contributed by atoms with E-state index in [0.29, 0.717) is 23.2 Å². The van der Waals surface area contributed by atoms with Crippen LogP contribution in [0.4, 0.5) is 5.82 Å². The number of fused-ring (bicyclic) bond motifs is 1. The lowest BCUT2D eigenvalue weighted by Crippen LogP contribution is -2.35. The molecule has 2 aromatic heterocycles. The Morgan fingerprint density at radius 1 is 1.43 bits per heavy atom. The first kappa shape index (κ1) is 13.5. The smallest absolute Gasteiger partial charge is 0.263 e. The van der Waals surface area contributed by atoms with Crippen LogP contribution < -0.4 is 5.32 Å². The first-order valence-electron chi connectivity index (χ1n) is 7.26. The van der Waals surface area contributed by atoms with E-state index in [2.05, 4.69) is 10.3 Å². The summed E-state index contributed by atoms with van der Waals surface area (Å²) in [7, 11) is -1.79. The van der Waals surface area contributed by atoms with E-state index in [1.54, 1.807) is 22.0 Å². The van der Waals surface area contributed by atoms with E-state index in [0.717, 1.165) is 25.7 Å². The number of anilines is 1. The third-order valence-electron chi connectivity index (χ3n) is 4.10. The van der Waals surface area contributed by atoms with Crippen LogP contribution in [0.3, 0.4) is 0 Å². The molecule has 2 aliphatic carbocycles. The third-order valence-corrected chi connectivity index (χ3v) is 6.80. The van der Waals surface area contributed by atoms with E-state index in [9.17, 15) is 8.42 Å².